The van der Waals surface area contributed by atoms with Crippen molar-refractivity contribution in [1.29, 1.82) is 0 Å². The average molecular weight is 395 g/mol. The van der Waals surface area contributed by atoms with Crippen molar-refractivity contribution in [2.45, 2.75) is 18.2 Å². The SMILES string of the molecule is COc1ccc(S(=O)(=O)NNC(=O)Cc2ccc(F)cc2)cc1NC(C)=O. The van der Waals surface area contributed by atoms with Crippen LogP contribution in [-0.4, -0.2) is 27.3 Å². The summed E-state index contributed by atoms with van der Waals surface area (Å²) in [5, 5.41) is 2.46. The quantitative estimate of drug-likeness (QED) is 0.613. The summed E-state index contributed by atoms with van der Waals surface area (Å²) in [4.78, 5) is 24.9. The van der Waals surface area contributed by atoms with E-state index in [9.17, 15) is 22.4 Å². The summed E-state index contributed by atoms with van der Waals surface area (Å²) in [7, 11) is -2.71. The van der Waals surface area contributed by atoms with Gasteiger partial charge in [-0.25, -0.2) is 12.8 Å². The van der Waals surface area contributed by atoms with Crippen LogP contribution in [0.5, 0.6) is 5.75 Å². The van der Waals surface area contributed by atoms with Crippen LogP contribution < -0.4 is 20.3 Å². The lowest BCUT2D eigenvalue weighted by molar-refractivity contribution is -0.121. The van der Waals surface area contributed by atoms with E-state index in [2.05, 4.69) is 10.7 Å². The normalized spacial score (nSPS) is 10.9. The van der Waals surface area contributed by atoms with Gasteiger partial charge in [0.1, 0.15) is 11.6 Å². The Kier molecular flexibility index (Phi) is 6.48. The summed E-state index contributed by atoms with van der Waals surface area (Å²) in [6.45, 7) is 1.27. The molecule has 0 aliphatic heterocycles. The first kappa shape index (κ1) is 20.3. The summed E-state index contributed by atoms with van der Waals surface area (Å²) in [5.41, 5.74) is 2.77. The molecule has 0 aliphatic rings. The first-order valence-corrected chi connectivity index (χ1v) is 9.20. The molecule has 2 aromatic rings. The molecule has 0 aromatic heterocycles. The second kappa shape index (κ2) is 8.60. The third kappa shape index (κ3) is 5.76. The highest BCUT2D eigenvalue weighted by Gasteiger charge is 2.18. The van der Waals surface area contributed by atoms with Crippen molar-refractivity contribution in [3.8, 4) is 5.75 Å². The van der Waals surface area contributed by atoms with Gasteiger partial charge in [-0.05, 0) is 35.9 Å². The molecular weight excluding hydrogens is 377 g/mol. The molecule has 0 aliphatic carbocycles. The minimum absolute atomic E-state index is 0.136. The van der Waals surface area contributed by atoms with Crippen molar-refractivity contribution in [3.63, 3.8) is 0 Å². The van der Waals surface area contributed by atoms with E-state index in [-0.39, 0.29) is 22.8 Å². The van der Waals surface area contributed by atoms with Crippen LogP contribution in [0, 0.1) is 5.82 Å². The highest BCUT2D eigenvalue weighted by atomic mass is 32.2. The Labute approximate surface area is 155 Å². The van der Waals surface area contributed by atoms with Crippen molar-refractivity contribution >= 4 is 27.5 Å². The minimum atomic E-state index is -4.09. The van der Waals surface area contributed by atoms with Crippen molar-refractivity contribution < 1.29 is 27.1 Å². The number of rotatable bonds is 7. The smallest absolute Gasteiger partial charge is 0.257 e. The number of hydrogen-bond donors (Lipinski definition) is 3. The minimum Gasteiger partial charge on any atom is -0.495 e. The van der Waals surface area contributed by atoms with Crippen molar-refractivity contribution in [2.24, 2.45) is 0 Å². The number of ether oxygens (including phenoxy) is 1. The Morgan fingerprint density at radius 1 is 1.11 bits per heavy atom. The fraction of sp³-hybridized carbons (Fsp3) is 0.176. The molecule has 27 heavy (non-hydrogen) atoms. The van der Waals surface area contributed by atoms with Gasteiger partial charge in [-0.2, -0.15) is 0 Å². The number of amides is 2. The number of anilines is 1. The zero-order chi connectivity index (χ0) is 20.0. The van der Waals surface area contributed by atoms with Gasteiger partial charge in [0.2, 0.25) is 11.8 Å². The van der Waals surface area contributed by atoms with Gasteiger partial charge in [-0.15, -0.1) is 4.83 Å². The Hall–Kier alpha value is -2.98. The summed E-state index contributed by atoms with van der Waals surface area (Å²) < 4.78 is 42.6. The van der Waals surface area contributed by atoms with E-state index < -0.39 is 27.7 Å². The van der Waals surface area contributed by atoms with Crippen LogP contribution >= 0.6 is 0 Å². The maximum atomic E-state index is 12.9. The molecule has 0 atom stereocenters. The molecule has 0 spiro atoms. The standard InChI is InChI=1S/C17H18FN3O5S/c1-11(22)19-15-10-14(7-8-16(15)26-2)27(24,25)21-20-17(23)9-12-3-5-13(18)6-4-12/h3-8,10,21H,9H2,1-2H3,(H,19,22)(H,20,23). The first-order chi connectivity index (χ1) is 12.7. The van der Waals surface area contributed by atoms with E-state index in [0.717, 1.165) is 0 Å². The molecule has 144 valence electrons. The molecule has 3 N–H and O–H groups in total. The zero-order valence-corrected chi connectivity index (χ0v) is 15.4. The highest BCUT2D eigenvalue weighted by Crippen LogP contribution is 2.27. The number of benzene rings is 2. The Bertz CT molecular complexity index is 946. The Morgan fingerprint density at radius 3 is 2.37 bits per heavy atom. The van der Waals surface area contributed by atoms with Crippen LogP contribution in [-0.2, 0) is 26.0 Å². The molecule has 8 nitrogen and oxygen atoms in total. The lowest BCUT2D eigenvalue weighted by Crippen LogP contribution is -2.42. The Morgan fingerprint density at radius 2 is 1.78 bits per heavy atom. The number of nitrogens with one attached hydrogen (secondary N) is 3. The van der Waals surface area contributed by atoms with Gasteiger partial charge in [-0.1, -0.05) is 12.1 Å². The van der Waals surface area contributed by atoms with Crippen LogP contribution in [0.4, 0.5) is 10.1 Å². The summed E-state index contributed by atoms with van der Waals surface area (Å²) in [5.74, 6) is -1.18. The van der Waals surface area contributed by atoms with E-state index in [1.807, 2.05) is 4.83 Å². The maximum Gasteiger partial charge on any atom is 0.257 e. The molecule has 0 saturated carbocycles. The van der Waals surface area contributed by atoms with Gasteiger partial charge in [0.25, 0.3) is 10.0 Å². The zero-order valence-electron chi connectivity index (χ0n) is 14.6. The third-order valence-electron chi connectivity index (χ3n) is 3.39. The van der Waals surface area contributed by atoms with Crippen LogP contribution in [0.3, 0.4) is 0 Å². The second-order valence-electron chi connectivity index (χ2n) is 5.50. The molecule has 0 heterocycles. The van der Waals surface area contributed by atoms with Crippen molar-refractivity contribution in [3.05, 3.63) is 53.8 Å². The van der Waals surface area contributed by atoms with E-state index in [1.165, 1.54) is 56.5 Å². The monoisotopic (exact) mass is 395 g/mol. The average Bonchev–Trinajstić information content (AvgIpc) is 2.61. The maximum absolute atomic E-state index is 12.9. The summed E-state index contributed by atoms with van der Waals surface area (Å²) in [6, 6.07) is 9.09. The third-order valence-corrected chi connectivity index (χ3v) is 4.64. The van der Waals surface area contributed by atoms with Crippen molar-refractivity contribution in [1.82, 2.24) is 10.3 Å². The number of hydrogen-bond acceptors (Lipinski definition) is 5. The predicted molar refractivity (Wildman–Crippen MR) is 95.9 cm³/mol. The predicted octanol–water partition coefficient (Wildman–Crippen LogP) is 1.34. The first-order valence-electron chi connectivity index (χ1n) is 7.72. The largest absolute Gasteiger partial charge is 0.495 e. The lowest BCUT2D eigenvalue weighted by atomic mass is 10.1. The molecule has 0 bridgehead atoms. The molecule has 0 unspecified atom stereocenters. The number of methoxy groups -OCH3 is 1. The Balaban J connectivity index is 2.08. The van der Waals surface area contributed by atoms with E-state index in [4.69, 9.17) is 4.74 Å². The fourth-order valence-corrected chi connectivity index (χ4v) is 3.04. The van der Waals surface area contributed by atoms with Gasteiger partial charge in [0, 0.05) is 6.92 Å². The number of halogens is 1. The molecule has 0 saturated heterocycles. The molecule has 2 amide bonds. The fourth-order valence-electron chi connectivity index (χ4n) is 2.16. The number of carbonyl (C=O) groups excluding carboxylic acids is 2. The number of carbonyl (C=O) groups is 2. The van der Waals surface area contributed by atoms with E-state index in [0.29, 0.717) is 5.56 Å². The number of sulfonamides is 1. The van der Waals surface area contributed by atoms with Gasteiger partial charge in [0.05, 0.1) is 24.1 Å². The van der Waals surface area contributed by atoms with Gasteiger partial charge < -0.3 is 10.1 Å². The lowest BCUT2D eigenvalue weighted by Gasteiger charge is -2.12. The molecule has 0 fully saturated rings. The van der Waals surface area contributed by atoms with E-state index >= 15 is 0 Å². The highest BCUT2D eigenvalue weighted by molar-refractivity contribution is 7.89. The van der Waals surface area contributed by atoms with Crippen LogP contribution in [0.2, 0.25) is 0 Å². The summed E-state index contributed by atoms with van der Waals surface area (Å²) in [6.07, 6.45) is -0.136. The van der Waals surface area contributed by atoms with E-state index in [1.54, 1.807) is 0 Å². The summed E-state index contributed by atoms with van der Waals surface area (Å²) >= 11 is 0. The molecule has 2 aromatic carbocycles. The van der Waals surface area contributed by atoms with Crippen LogP contribution in [0.25, 0.3) is 0 Å². The van der Waals surface area contributed by atoms with Gasteiger partial charge >= 0.3 is 0 Å². The topological polar surface area (TPSA) is 114 Å². The molecule has 2 rings (SSSR count). The molecular formula is C17H18FN3O5S. The van der Waals surface area contributed by atoms with Crippen LogP contribution in [0.1, 0.15) is 12.5 Å². The number of hydrazine groups is 1. The van der Waals surface area contributed by atoms with Crippen LogP contribution in [0.15, 0.2) is 47.4 Å². The van der Waals surface area contributed by atoms with Gasteiger partial charge in [0.15, 0.2) is 0 Å². The second-order valence-corrected chi connectivity index (χ2v) is 7.18. The molecule has 10 heteroatoms. The molecule has 0 radical (unpaired) electrons. The van der Waals surface area contributed by atoms with Gasteiger partial charge in [-0.3, -0.25) is 15.0 Å². The van der Waals surface area contributed by atoms with Crippen molar-refractivity contribution in [2.75, 3.05) is 12.4 Å².